The van der Waals surface area contributed by atoms with Crippen LogP contribution in [0, 0.1) is 12.8 Å². The SMILES string of the molecule is Cc1ccc2c(c1)N[C@]1(CCC(=O)N([C@@H](C)C(=O)NC3CCC(C)CC3)CC1)NC2=O. The maximum Gasteiger partial charge on any atom is 0.255 e. The fourth-order valence-electron chi connectivity index (χ4n) is 5.09. The van der Waals surface area contributed by atoms with E-state index in [1.807, 2.05) is 32.0 Å². The maximum absolute atomic E-state index is 12.9. The zero-order valence-electron chi connectivity index (χ0n) is 18.8. The summed E-state index contributed by atoms with van der Waals surface area (Å²) < 4.78 is 0. The molecule has 1 aliphatic carbocycles. The molecule has 2 heterocycles. The Bertz CT molecular complexity index is 878. The first-order valence-corrected chi connectivity index (χ1v) is 11.6. The van der Waals surface area contributed by atoms with E-state index >= 15 is 0 Å². The predicted octanol–water partition coefficient (Wildman–Crippen LogP) is 2.94. The number of hydrogen-bond donors (Lipinski definition) is 3. The first kappa shape index (κ1) is 21.7. The molecule has 4 rings (SSSR count). The van der Waals surface area contributed by atoms with Gasteiger partial charge in [-0.2, -0.15) is 0 Å². The van der Waals surface area contributed by atoms with Crippen LogP contribution in [0.15, 0.2) is 18.2 Å². The van der Waals surface area contributed by atoms with Crippen molar-refractivity contribution in [1.82, 2.24) is 15.5 Å². The summed E-state index contributed by atoms with van der Waals surface area (Å²) in [5, 5.41) is 9.74. The molecule has 2 atom stereocenters. The van der Waals surface area contributed by atoms with Crippen molar-refractivity contribution >= 4 is 23.4 Å². The summed E-state index contributed by atoms with van der Waals surface area (Å²) >= 11 is 0. The van der Waals surface area contributed by atoms with Crippen LogP contribution in [0.2, 0.25) is 0 Å². The van der Waals surface area contributed by atoms with E-state index in [2.05, 4.69) is 22.9 Å². The molecule has 1 spiro atoms. The van der Waals surface area contributed by atoms with Crippen molar-refractivity contribution < 1.29 is 14.4 Å². The number of fused-ring (bicyclic) bond motifs is 1. The summed E-state index contributed by atoms with van der Waals surface area (Å²) in [6.07, 6.45) is 5.62. The zero-order chi connectivity index (χ0) is 22.2. The molecule has 7 nitrogen and oxygen atoms in total. The van der Waals surface area contributed by atoms with E-state index in [-0.39, 0.29) is 30.2 Å². The Morgan fingerprint density at radius 1 is 1.16 bits per heavy atom. The van der Waals surface area contributed by atoms with Crippen molar-refractivity contribution in [3.63, 3.8) is 0 Å². The van der Waals surface area contributed by atoms with Gasteiger partial charge in [-0.3, -0.25) is 14.4 Å². The number of carbonyl (C=O) groups is 3. The summed E-state index contributed by atoms with van der Waals surface area (Å²) in [7, 11) is 0. The van der Waals surface area contributed by atoms with Gasteiger partial charge in [-0.1, -0.05) is 13.0 Å². The molecular formula is C24H34N4O3. The van der Waals surface area contributed by atoms with Gasteiger partial charge < -0.3 is 20.9 Å². The average molecular weight is 427 g/mol. The van der Waals surface area contributed by atoms with E-state index in [1.165, 1.54) is 0 Å². The number of rotatable bonds is 3. The Balaban J connectivity index is 1.43. The topological polar surface area (TPSA) is 90.5 Å². The number of benzene rings is 1. The van der Waals surface area contributed by atoms with Gasteiger partial charge in [0.1, 0.15) is 11.7 Å². The lowest BCUT2D eigenvalue weighted by Gasteiger charge is -2.40. The van der Waals surface area contributed by atoms with Gasteiger partial charge in [0.2, 0.25) is 11.8 Å². The number of amides is 3. The molecule has 0 bridgehead atoms. The summed E-state index contributed by atoms with van der Waals surface area (Å²) in [5.41, 5.74) is 1.84. The van der Waals surface area contributed by atoms with Crippen LogP contribution in [0.25, 0.3) is 0 Å². The molecule has 2 aliphatic heterocycles. The minimum absolute atomic E-state index is 0.0390. The van der Waals surface area contributed by atoms with Crippen LogP contribution in [-0.4, -0.2) is 46.9 Å². The predicted molar refractivity (Wildman–Crippen MR) is 120 cm³/mol. The van der Waals surface area contributed by atoms with Gasteiger partial charge in [-0.05, 0) is 69.6 Å². The Kier molecular flexibility index (Phi) is 5.95. The van der Waals surface area contributed by atoms with Crippen LogP contribution in [0.4, 0.5) is 5.69 Å². The quantitative estimate of drug-likeness (QED) is 0.693. The third-order valence-corrected chi connectivity index (χ3v) is 7.22. The van der Waals surface area contributed by atoms with E-state index in [0.717, 1.165) is 42.9 Å². The maximum atomic E-state index is 12.9. The summed E-state index contributed by atoms with van der Waals surface area (Å²) in [5.74, 6) is 0.487. The van der Waals surface area contributed by atoms with Crippen LogP contribution in [0.5, 0.6) is 0 Å². The van der Waals surface area contributed by atoms with E-state index in [9.17, 15) is 14.4 Å². The summed E-state index contributed by atoms with van der Waals surface area (Å²) in [4.78, 5) is 40.2. The molecule has 2 fully saturated rings. The summed E-state index contributed by atoms with van der Waals surface area (Å²) in [6.45, 7) is 6.47. The van der Waals surface area contributed by atoms with E-state index < -0.39 is 11.7 Å². The molecule has 7 heteroatoms. The van der Waals surface area contributed by atoms with Crippen molar-refractivity contribution in [1.29, 1.82) is 0 Å². The lowest BCUT2D eigenvalue weighted by Crippen LogP contribution is -2.58. The molecule has 3 N–H and O–H groups in total. The lowest BCUT2D eigenvalue weighted by molar-refractivity contribution is -0.139. The molecule has 0 aromatic heterocycles. The second kappa shape index (κ2) is 8.52. The van der Waals surface area contributed by atoms with Gasteiger partial charge >= 0.3 is 0 Å². The molecule has 1 aromatic carbocycles. The molecule has 0 radical (unpaired) electrons. The number of aryl methyl sites for hydroxylation is 1. The van der Waals surface area contributed by atoms with Crippen molar-refractivity contribution in [2.24, 2.45) is 5.92 Å². The molecule has 1 saturated heterocycles. The van der Waals surface area contributed by atoms with E-state index in [0.29, 0.717) is 24.9 Å². The van der Waals surface area contributed by atoms with Gasteiger partial charge in [0.25, 0.3) is 5.91 Å². The number of likely N-dealkylation sites (tertiary alicyclic amines) is 1. The third-order valence-electron chi connectivity index (χ3n) is 7.22. The van der Waals surface area contributed by atoms with Gasteiger partial charge in [0, 0.05) is 31.1 Å². The summed E-state index contributed by atoms with van der Waals surface area (Å²) in [6, 6.07) is 5.41. The number of nitrogens with zero attached hydrogens (tertiary/aromatic N) is 1. The molecule has 31 heavy (non-hydrogen) atoms. The molecule has 0 unspecified atom stereocenters. The largest absolute Gasteiger partial charge is 0.362 e. The first-order chi connectivity index (χ1) is 14.8. The molecule has 1 aromatic rings. The van der Waals surface area contributed by atoms with Crippen LogP contribution >= 0.6 is 0 Å². The van der Waals surface area contributed by atoms with Gasteiger partial charge in [0.05, 0.1) is 5.56 Å². The Morgan fingerprint density at radius 3 is 2.65 bits per heavy atom. The highest BCUT2D eigenvalue weighted by Gasteiger charge is 2.42. The smallest absolute Gasteiger partial charge is 0.255 e. The number of anilines is 1. The van der Waals surface area contributed by atoms with Crippen LogP contribution < -0.4 is 16.0 Å². The second-order valence-electron chi connectivity index (χ2n) is 9.69. The van der Waals surface area contributed by atoms with E-state index in [4.69, 9.17) is 0 Å². The first-order valence-electron chi connectivity index (χ1n) is 11.6. The highest BCUT2D eigenvalue weighted by atomic mass is 16.2. The number of carbonyl (C=O) groups excluding carboxylic acids is 3. The fourth-order valence-corrected chi connectivity index (χ4v) is 5.09. The van der Waals surface area contributed by atoms with Crippen LogP contribution in [0.1, 0.15) is 74.7 Å². The van der Waals surface area contributed by atoms with Crippen molar-refractivity contribution in [3.05, 3.63) is 29.3 Å². The monoisotopic (exact) mass is 426 g/mol. The van der Waals surface area contributed by atoms with Crippen LogP contribution in [-0.2, 0) is 9.59 Å². The highest BCUT2D eigenvalue weighted by molar-refractivity contribution is 6.02. The average Bonchev–Trinajstić information content (AvgIpc) is 2.88. The molecule has 3 amide bonds. The minimum Gasteiger partial charge on any atom is -0.362 e. The standard InChI is InChI=1S/C24H34N4O3/c1-15-4-7-18(8-5-15)25-22(30)17(3)28-13-12-24(11-10-21(28)29)26-20-14-16(2)6-9-19(20)23(31)27-24/h6,9,14-15,17-18,26H,4-5,7-8,10-13H2,1-3H3,(H,25,30)(H,27,31)/t15?,17-,18?,24+/m0/s1. The highest BCUT2D eigenvalue weighted by Crippen LogP contribution is 2.33. The van der Waals surface area contributed by atoms with Crippen LogP contribution in [0.3, 0.4) is 0 Å². The minimum atomic E-state index is -0.669. The Hall–Kier alpha value is -2.57. The fraction of sp³-hybridized carbons (Fsp3) is 0.625. The molecule has 3 aliphatic rings. The number of nitrogens with one attached hydrogen (secondary N) is 3. The Labute approximate surface area is 184 Å². The zero-order valence-corrected chi connectivity index (χ0v) is 18.8. The van der Waals surface area contributed by atoms with Crippen molar-refractivity contribution in [3.8, 4) is 0 Å². The van der Waals surface area contributed by atoms with Crippen molar-refractivity contribution in [2.75, 3.05) is 11.9 Å². The second-order valence-corrected chi connectivity index (χ2v) is 9.69. The molecule has 168 valence electrons. The Morgan fingerprint density at radius 2 is 1.90 bits per heavy atom. The van der Waals surface area contributed by atoms with Gasteiger partial charge in [-0.15, -0.1) is 0 Å². The van der Waals surface area contributed by atoms with E-state index in [1.54, 1.807) is 4.90 Å². The van der Waals surface area contributed by atoms with Gasteiger partial charge in [-0.25, -0.2) is 0 Å². The normalized spacial score (nSPS) is 29.5. The van der Waals surface area contributed by atoms with Gasteiger partial charge in [0.15, 0.2) is 0 Å². The number of hydrogen-bond acceptors (Lipinski definition) is 4. The molecule has 1 saturated carbocycles. The van der Waals surface area contributed by atoms with Crippen molar-refractivity contribution in [2.45, 2.75) is 83.5 Å². The molecular weight excluding hydrogens is 392 g/mol. The lowest BCUT2D eigenvalue weighted by atomic mass is 9.87. The third kappa shape index (κ3) is 4.55.